The second-order valence-corrected chi connectivity index (χ2v) is 5.57. The molecule has 1 amide bonds. The Kier molecular flexibility index (Phi) is 5.34. The van der Waals surface area contributed by atoms with Gasteiger partial charge in [-0.3, -0.25) is 15.0 Å². The molecule has 1 aliphatic heterocycles. The van der Waals surface area contributed by atoms with E-state index in [1.165, 1.54) is 29.2 Å². The fourth-order valence-corrected chi connectivity index (χ4v) is 2.56. The van der Waals surface area contributed by atoms with E-state index in [4.69, 9.17) is 9.47 Å². The van der Waals surface area contributed by atoms with Gasteiger partial charge in [0.2, 0.25) is 0 Å². The summed E-state index contributed by atoms with van der Waals surface area (Å²) in [5.74, 6) is -1.61. The molecule has 0 aromatic heterocycles. The van der Waals surface area contributed by atoms with Gasteiger partial charge >= 0.3 is 6.09 Å². The minimum absolute atomic E-state index is 0.0451. The number of nitro groups is 1. The second kappa shape index (κ2) is 7.85. The van der Waals surface area contributed by atoms with Gasteiger partial charge in [-0.25, -0.2) is 13.6 Å². The lowest BCUT2D eigenvalue weighted by atomic mass is 10.2. The molecule has 0 spiro atoms. The third-order valence-electron chi connectivity index (χ3n) is 3.81. The van der Waals surface area contributed by atoms with Crippen molar-refractivity contribution in [2.24, 2.45) is 0 Å². The summed E-state index contributed by atoms with van der Waals surface area (Å²) < 4.78 is 36.5. The average Bonchev–Trinajstić information content (AvgIpc) is 3.06. The molecule has 1 fully saturated rings. The number of nitrogens with one attached hydrogen (secondary N) is 1. The van der Waals surface area contributed by atoms with Crippen LogP contribution >= 0.6 is 0 Å². The van der Waals surface area contributed by atoms with Crippen molar-refractivity contribution in [3.8, 4) is 5.75 Å². The van der Waals surface area contributed by atoms with Crippen LogP contribution in [0.5, 0.6) is 5.75 Å². The highest BCUT2D eigenvalue weighted by molar-refractivity contribution is 5.94. The molecule has 0 unspecified atom stereocenters. The van der Waals surface area contributed by atoms with Crippen molar-refractivity contribution in [2.45, 2.75) is 0 Å². The summed E-state index contributed by atoms with van der Waals surface area (Å²) in [6.07, 6.45) is -0.594. The number of hydrogen-bond acceptors (Lipinski definition) is 6. The zero-order chi connectivity index (χ0) is 19.4. The fourth-order valence-electron chi connectivity index (χ4n) is 2.56. The molecule has 8 nitrogen and oxygen atoms in total. The van der Waals surface area contributed by atoms with Gasteiger partial charge in [0.15, 0.2) is 11.6 Å². The molecule has 27 heavy (non-hydrogen) atoms. The smallest absolute Gasteiger partial charge is 0.414 e. The average molecular weight is 379 g/mol. The fraction of sp³-hybridized carbons (Fsp3) is 0.235. The van der Waals surface area contributed by atoms with Crippen LogP contribution in [0.3, 0.4) is 0 Å². The summed E-state index contributed by atoms with van der Waals surface area (Å²) in [5, 5.41) is 14.0. The monoisotopic (exact) mass is 379 g/mol. The van der Waals surface area contributed by atoms with Gasteiger partial charge in [0.05, 0.1) is 22.8 Å². The molecule has 2 aromatic carbocycles. The quantitative estimate of drug-likeness (QED) is 0.451. The molecule has 142 valence electrons. The Morgan fingerprint density at radius 2 is 2.07 bits per heavy atom. The number of rotatable bonds is 7. The highest BCUT2D eigenvalue weighted by Crippen LogP contribution is 2.32. The summed E-state index contributed by atoms with van der Waals surface area (Å²) in [4.78, 5) is 23.5. The maximum absolute atomic E-state index is 13.5. The first-order chi connectivity index (χ1) is 13.0. The van der Waals surface area contributed by atoms with Crippen LogP contribution in [0.2, 0.25) is 0 Å². The number of nitro benzene ring substituents is 1. The highest BCUT2D eigenvalue weighted by Gasteiger charge is 2.27. The molecule has 1 saturated heterocycles. The maximum Gasteiger partial charge on any atom is 0.414 e. The van der Waals surface area contributed by atoms with Crippen molar-refractivity contribution in [3.05, 3.63) is 58.1 Å². The van der Waals surface area contributed by atoms with E-state index < -0.39 is 22.7 Å². The first kappa shape index (κ1) is 18.4. The molecular weight excluding hydrogens is 364 g/mol. The Morgan fingerprint density at radius 1 is 1.26 bits per heavy atom. The number of nitrogens with zero attached hydrogens (tertiary/aromatic N) is 2. The van der Waals surface area contributed by atoms with E-state index in [0.29, 0.717) is 11.4 Å². The van der Waals surface area contributed by atoms with Gasteiger partial charge in [-0.1, -0.05) is 0 Å². The number of amides is 1. The van der Waals surface area contributed by atoms with Crippen molar-refractivity contribution >= 4 is 23.2 Å². The minimum atomic E-state index is -0.814. The molecule has 0 aliphatic carbocycles. The second-order valence-electron chi connectivity index (χ2n) is 5.57. The van der Waals surface area contributed by atoms with Gasteiger partial charge in [-0.15, -0.1) is 0 Å². The van der Waals surface area contributed by atoms with E-state index in [1.807, 2.05) is 0 Å². The number of hydrogen-bond donors (Lipinski definition) is 1. The SMILES string of the molecule is O=C1OCCN1c1cc([N+](=O)[O-])ccc1NCCOc1ccc(F)cc1F. The Hall–Kier alpha value is -3.43. The largest absolute Gasteiger partial charge is 0.489 e. The molecule has 0 saturated carbocycles. The van der Waals surface area contributed by atoms with E-state index in [1.54, 1.807) is 0 Å². The van der Waals surface area contributed by atoms with E-state index in [2.05, 4.69) is 5.32 Å². The van der Waals surface area contributed by atoms with Gasteiger partial charge in [0.1, 0.15) is 19.0 Å². The van der Waals surface area contributed by atoms with Crippen LogP contribution in [0.25, 0.3) is 0 Å². The third-order valence-corrected chi connectivity index (χ3v) is 3.81. The summed E-state index contributed by atoms with van der Waals surface area (Å²) in [6.45, 7) is 0.716. The van der Waals surface area contributed by atoms with Crippen molar-refractivity contribution in [1.82, 2.24) is 0 Å². The first-order valence-corrected chi connectivity index (χ1v) is 8.00. The number of halogens is 2. The van der Waals surface area contributed by atoms with Gasteiger partial charge < -0.3 is 14.8 Å². The van der Waals surface area contributed by atoms with Crippen molar-refractivity contribution in [2.75, 3.05) is 36.5 Å². The normalized spacial score (nSPS) is 13.4. The summed E-state index contributed by atoms with van der Waals surface area (Å²) in [6, 6.07) is 7.03. The van der Waals surface area contributed by atoms with Crippen molar-refractivity contribution in [1.29, 1.82) is 0 Å². The van der Waals surface area contributed by atoms with Crippen LogP contribution in [0.4, 0.5) is 30.6 Å². The van der Waals surface area contributed by atoms with E-state index in [0.717, 1.165) is 12.1 Å². The van der Waals surface area contributed by atoms with Crippen LogP contribution in [0.1, 0.15) is 0 Å². The van der Waals surface area contributed by atoms with Crippen LogP contribution < -0.4 is 15.0 Å². The highest BCUT2D eigenvalue weighted by atomic mass is 19.1. The third kappa shape index (κ3) is 4.22. The predicted octanol–water partition coefficient (Wildman–Crippen LogP) is 3.32. The van der Waals surface area contributed by atoms with Crippen LogP contribution in [-0.4, -0.2) is 37.3 Å². The molecular formula is C17H15F2N3O5. The summed E-state index contributed by atoms with van der Waals surface area (Å²) >= 11 is 0. The Bertz CT molecular complexity index is 878. The van der Waals surface area contributed by atoms with Crippen LogP contribution in [-0.2, 0) is 4.74 Å². The number of benzene rings is 2. The lowest BCUT2D eigenvalue weighted by Crippen LogP contribution is -2.25. The molecule has 1 heterocycles. The lowest BCUT2D eigenvalue weighted by Gasteiger charge is -2.18. The first-order valence-electron chi connectivity index (χ1n) is 8.00. The number of cyclic esters (lactones) is 1. The minimum Gasteiger partial charge on any atom is -0.489 e. The number of carbonyl (C=O) groups is 1. The van der Waals surface area contributed by atoms with E-state index >= 15 is 0 Å². The molecule has 2 aromatic rings. The van der Waals surface area contributed by atoms with Gasteiger partial charge in [0, 0.05) is 24.7 Å². The van der Waals surface area contributed by atoms with E-state index in [-0.39, 0.29) is 37.7 Å². The van der Waals surface area contributed by atoms with E-state index in [9.17, 15) is 23.7 Å². The molecule has 0 radical (unpaired) electrons. The molecule has 0 bridgehead atoms. The summed E-state index contributed by atoms with van der Waals surface area (Å²) in [7, 11) is 0. The Morgan fingerprint density at radius 3 is 2.74 bits per heavy atom. The van der Waals surface area contributed by atoms with Crippen LogP contribution in [0, 0.1) is 21.7 Å². The molecule has 1 aliphatic rings. The standard InChI is InChI=1S/C17H15F2N3O5/c18-11-1-4-16(13(19)9-11)26-7-5-20-14-3-2-12(22(24)25)10-15(14)21-6-8-27-17(21)23/h1-4,9-10,20H,5-8H2. The Labute approximate surface area is 152 Å². The lowest BCUT2D eigenvalue weighted by molar-refractivity contribution is -0.384. The molecule has 10 heteroatoms. The zero-order valence-electron chi connectivity index (χ0n) is 14.0. The number of carbonyl (C=O) groups excluding carboxylic acids is 1. The topological polar surface area (TPSA) is 93.9 Å². The van der Waals surface area contributed by atoms with Gasteiger partial charge in [0.25, 0.3) is 5.69 Å². The number of non-ortho nitro benzene ring substituents is 1. The van der Waals surface area contributed by atoms with Crippen LogP contribution in [0.15, 0.2) is 36.4 Å². The number of ether oxygens (including phenoxy) is 2. The maximum atomic E-state index is 13.5. The zero-order valence-corrected chi connectivity index (χ0v) is 14.0. The summed E-state index contributed by atoms with van der Waals surface area (Å²) in [5.41, 5.74) is 0.599. The molecule has 1 N–H and O–H groups in total. The molecule has 3 rings (SSSR count). The Balaban J connectivity index is 1.68. The molecule has 0 atom stereocenters. The van der Waals surface area contributed by atoms with Crippen molar-refractivity contribution in [3.63, 3.8) is 0 Å². The van der Waals surface area contributed by atoms with Gasteiger partial charge in [-0.2, -0.15) is 0 Å². The number of anilines is 2. The van der Waals surface area contributed by atoms with Crippen molar-refractivity contribution < 1.29 is 28.0 Å². The predicted molar refractivity (Wildman–Crippen MR) is 92.1 cm³/mol. The van der Waals surface area contributed by atoms with Gasteiger partial charge in [-0.05, 0) is 18.2 Å².